The van der Waals surface area contributed by atoms with Crippen LogP contribution >= 0.6 is 11.6 Å². The van der Waals surface area contributed by atoms with Crippen LogP contribution in [0.4, 0.5) is 5.69 Å². The van der Waals surface area contributed by atoms with Crippen molar-refractivity contribution in [1.29, 1.82) is 0 Å². The highest BCUT2D eigenvalue weighted by molar-refractivity contribution is 7.92. The van der Waals surface area contributed by atoms with E-state index in [4.69, 9.17) is 11.6 Å². The first-order chi connectivity index (χ1) is 18.1. The van der Waals surface area contributed by atoms with Gasteiger partial charge in [0.2, 0.25) is 0 Å². The fraction of sp³-hybridized carbons (Fsp3) is 0.172. The van der Waals surface area contributed by atoms with Crippen LogP contribution in [-0.4, -0.2) is 31.7 Å². The summed E-state index contributed by atoms with van der Waals surface area (Å²) in [7, 11) is -4.03. The topological polar surface area (TPSA) is 83.8 Å². The summed E-state index contributed by atoms with van der Waals surface area (Å²) in [6, 6.07) is 22.6. The Kier molecular flexibility index (Phi) is 8.04. The molecule has 7 nitrogen and oxygen atoms in total. The number of aryl methyl sites for hydroxylation is 3. The summed E-state index contributed by atoms with van der Waals surface area (Å²) in [6.45, 7) is 7.65. The number of hydrogen-bond donors (Lipinski definition) is 1. The standard InChI is InChI=1S/C29H29ClN4O3S/c1-20-13-21(2)15-27(14-20)34-22(3)16-24(23(34)4)18-31-32-29(35)19-33(26-10-8-9-25(30)17-26)38(36,37)28-11-6-5-7-12-28/h5-18H,19H2,1-4H3,(H,32,35)/b31-18-. The Labute approximate surface area is 228 Å². The van der Waals surface area contributed by atoms with Crippen LogP contribution in [0.1, 0.15) is 28.1 Å². The predicted octanol–water partition coefficient (Wildman–Crippen LogP) is 5.71. The van der Waals surface area contributed by atoms with Crippen LogP contribution in [0.25, 0.3) is 5.69 Å². The van der Waals surface area contributed by atoms with Gasteiger partial charge in [0.25, 0.3) is 15.9 Å². The minimum atomic E-state index is -4.03. The van der Waals surface area contributed by atoms with Crippen molar-refractivity contribution in [3.63, 3.8) is 0 Å². The first-order valence-corrected chi connectivity index (χ1v) is 13.8. The van der Waals surface area contributed by atoms with Crippen LogP contribution < -0.4 is 9.73 Å². The Balaban J connectivity index is 1.55. The molecule has 0 aliphatic carbocycles. The van der Waals surface area contributed by atoms with Gasteiger partial charge >= 0.3 is 0 Å². The second-order valence-corrected chi connectivity index (χ2v) is 11.4. The van der Waals surface area contributed by atoms with E-state index in [1.165, 1.54) is 29.3 Å². The lowest BCUT2D eigenvalue weighted by Gasteiger charge is -2.23. The van der Waals surface area contributed by atoms with E-state index in [-0.39, 0.29) is 10.6 Å². The molecule has 0 bridgehead atoms. The molecule has 0 aliphatic rings. The number of hydrogen-bond acceptors (Lipinski definition) is 4. The van der Waals surface area contributed by atoms with Crippen molar-refractivity contribution in [2.24, 2.45) is 5.10 Å². The van der Waals surface area contributed by atoms with Gasteiger partial charge in [-0.3, -0.25) is 9.10 Å². The van der Waals surface area contributed by atoms with E-state index in [1.807, 2.05) is 19.9 Å². The Morgan fingerprint density at radius 1 is 0.947 bits per heavy atom. The van der Waals surface area contributed by atoms with Gasteiger partial charge < -0.3 is 4.57 Å². The summed E-state index contributed by atoms with van der Waals surface area (Å²) in [6.07, 6.45) is 1.56. The lowest BCUT2D eigenvalue weighted by molar-refractivity contribution is -0.119. The summed E-state index contributed by atoms with van der Waals surface area (Å²) in [5.74, 6) is -0.594. The lowest BCUT2D eigenvalue weighted by atomic mass is 10.1. The minimum Gasteiger partial charge on any atom is -0.318 e. The van der Waals surface area contributed by atoms with Crippen molar-refractivity contribution < 1.29 is 13.2 Å². The molecule has 4 aromatic rings. The molecule has 0 aliphatic heterocycles. The number of benzene rings is 3. The zero-order chi connectivity index (χ0) is 27.4. The SMILES string of the molecule is Cc1cc(C)cc(-n2c(C)cc(/C=N\NC(=O)CN(c3cccc(Cl)c3)S(=O)(=O)c3ccccc3)c2C)c1. The lowest BCUT2D eigenvalue weighted by Crippen LogP contribution is -2.39. The zero-order valence-corrected chi connectivity index (χ0v) is 23.2. The number of nitrogens with one attached hydrogen (secondary N) is 1. The Bertz CT molecular complexity index is 1590. The number of amides is 1. The molecule has 0 saturated heterocycles. The first kappa shape index (κ1) is 27.2. The van der Waals surface area contributed by atoms with Gasteiger partial charge in [-0.05, 0) is 87.4 Å². The van der Waals surface area contributed by atoms with Crippen LogP contribution in [0.3, 0.4) is 0 Å². The van der Waals surface area contributed by atoms with Crippen molar-refractivity contribution in [2.75, 3.05) is 10.8 Å². The Morgan fingerprint density at radius 3 is 2.29 bits per heavy atom. The third kappa shape index (κ3) is 5.98. The van der Waals surface area contributed by atoms with Crippen molar-refractivity contribution in [2.45, 2.75) is 32.6 Å². The van der Waals surface area contributed by atoms with E-state index in [0.717, 1.165) is 26.9 Å². The van der Waals surface area contributed by atoms with Crippen LogP contribution in [0.5, 0.6) is 0 Å². The van der Waals surface area contributed by atoms with Gasteiger partial charge in [0.1, 0.15) is 6.54 Å². The molecule has 38 heavy (non-hydrogen) atoms. The van der Waals surface area contributed by atoms with Gasteiger partial charge in [0.05, 0.1) is 16.8 Å². The zero-order valence-electron chi connectivity index (χ0n) is 21.6. The Hall–Kier alpha value is -3.88. The molecule has 196 valence electrons. The van der Waals surface area contributed by atoms with Gasteiger partial charge in [0, 0.05) is 27.7 Å². The number of carbonyl (C=O) groups is 1. The fourth-order valence-electron chi connectivity index (χ4n) is 4.40. The Morgan fingerprint density at radius 2 is 1.63 bits per heavy atom. The second kappa shape index (κ2) is 11.2. The molecule has 0 radical (unpaired) electrons. The number of sulfonamides is 1. The highest BCUT2D eigenvalue weighted by Crippen LogP contribution is 2.26. The molecule has 0 fully saturated rings. The van der Waals surface area contributed by atoms with Crippen molar-refractivity contribution in [3.8, 4) is 5.69 Å². The maximum absolute atomic E-state index is 13.4. The predicted molar refractivity (Wildman–Crippen MR) is 153 cm³/mol. The van der Waals surface area contributed by atoms with Crippen LogP contribution in [0, 0.1) is 27.7 Å². The van der Waals surface area contributed by atoms with Crippen molar-refractivity contribution in [1.82, 2.24) is 9.99 Å². The normalized spacial score (nSPS) is 11.6. The monoisotopic (exact) mass is 548 g/mol. The number of hydrazone groups is 1. The smallest absolute Gasteiger partial charge is 0.264 e. The summed E-state index contributed by atoms with van der Waals surface area (Å²) in [5.41, 5.74) is 8.98. The summed E-state index contributed by atoms with van der Waals surface area (Å²) in [4.78, 5) is 12.9. The van der Waals surface area contributed by atoms with Gasteiger partial charge in [-0.15, -0.1) is 0 Å². The van der Waals surface area contributed by atoms with Crippen molar-refractivity contribution in [3.05, 3.63) is 112 Å². The number of carbonyl (C=O) groups excluding carboxylic acids is 1. The van der Waals surface area contributed by atoms with Gasteiger partial charge in [0.15, 0.2) is 0 Å². The number of nitrogens with zero attached hydrogens (tertiary/aromatic N) is 3. The molecular weight excluding hydrogens is 520 g/mol. The molecule has 0 saturated carbocycles. The molecule has 0 atom stereocenters. The van der Waals surface area contributed by atoms with E-state index in [1.54, 1.807) is 42.6 Å². The number of rotatable bonds is 8. The second-order valence-electron chi connectivity index (χ2n) is 9.11. The van der Waals surface area contributed by atoms with Gasteiger partial charge in [-0.25, -0.2) is 13.8 Å². The minimum absolute atomic E-state index is 0.0649. The number of halogens is 1. The average molecular weight is 549 g/mol. The van der Waals surface area contributed by atoms with Crippen LogP contribution in [-0.2, 0) is 14.8 Å². The molecule has 1 N–H and O–H groups in total. The first-order valence-electron chi connectivity index (χ1n) is 12.0. The molecule has 1 amide bonds. The summed E-state index contributed by atoms with van der Waals surface area (Å²) >= 11 is 6.12. The molecule has 0 unspecified atom stereocenters. The maximum atomic E-state index is 13.4. The van der Waals surface area contributed by atoms with Gasteiger partial charge in [-0.2, -0.15) is 5.10 Å². The fourth-order valence-corrected chi connectivity index (χ4v) is 6.02. The van der Waals surface area contributed by atoms with E-state index in [9.17, 15) is 13.2 Å². The quantitative estimate of drug-likeness (QED) is 0.226. The molecule has 3 aromatic carbocycles. The van der Waals surface area contributed by atoms with Crippen LogP contribution in [0.15, 0.2) is 88.9 Å². The molecule has 4 rings (SSSR count). The largest absolute Gasteiger partial charge is 0.318 e. The summed E-state index contributed by atoms with van der Waals surface area (Å²) in [5, 5.41) is 4.47. The van der Waals surface area contributed by atoms with Crippen LogP contribution in [0.2, 0.25) is 5.02 Å². The molecule has 1 heterocycles. The highest BCUT2D eigenvalue weighted by Gasteiger charge is 2.27. The average Bonchev–Trinajstić information content (AvgIpc) is 3.15. The van der Waals surface area contributed by atoms with Crippen molar-refractivity contribution >= 4 is 39.4 Å². The molecule has 1 aromatic heterocycles. The maximum Gasteiger partial charge on any atom is 0.264 e. The highest BCUT2D eigenvalue weighted by atomic mass is 35.5. The van der Waals surface area contributed by atoms with E-state index in [2.05, 4.69) is 47.1 Å². The summed E-state index contributed by atoms with van der Waals surface area (Å²) < 4.78 is 30.0. The van der Waals surface area contributed by atoms with E-state index >= 15 is 0 Å². The molecule has 0 spiro atoms. The van der Waals surface area contributed by atoms with E-state index < -0.39 is 22.5 Å². The molecular formula is C29H29ClN4O3S. The van der Waals surface area contributed by atoms with E-state index in [0.29, 0.717) is 5.02 Å². The third-order valence-electron chi connectivity index (χ3n) is 6.04. The van der Waals surface area contributed by atoms with Gasteiger partial charge in [-0.1, -0.05) is 41.9 Å². The number of anilines is 1. The number of aromatic nitrogens is 1. The third-order valence-corrected chi connectivity index (χ3v) is 8.07. The molecule has 9 heteroatoms.